The standard InChI is InChI=1S/C4H5BO2/c6-5-4-2-1-3-7-4/h1-3,5-6H. The van der Waals surface area contributed by atoms with Crippen molar-refractivity contribution in [2.75, 3.05) is 0 Å². The van der Waals surface area contributed by atoms with Crippen molar-refractivity contribution < 1.29 is 9.44 Å². The molecule has 1 rings (SSSR count). The highest BCUT2D eigenvalue weighted by Crippen LogP contribution is 1.77. The largest absolute Gasteiger partial charge is 0.477 e. The maximum Gasteiger partial charge on any atom is 0.347 e. The molecule has 0 aliphatic carbocycles. The van der Waals surface area contributed by atoms with Gasteiger partial charge < -0.3 is 9.44 Å². The van der Waals surface area contributed by atoms with Gasteiger partial charge in [0.1, 0.15) is 0 Å². The molecule has 0 saturated heterocycles. The molecule has 0 aromatic carbocycles. The van der Waals surface area contributed by atoms with Gasteiger partial charge in [0.15, 0.2) is 0 Å². The van der Waals surface area contributed by atoms with E-state index in [-0.39, 0.29) is 7.48 Å². The molecule has 0 amide bonds. The summed E-state index contributed by atoms with van der Waals surface area (Å²) in [5.74, 6) is 0. The van der Waals surface area contributed by atoms with Gasteiger partial charge >= 0.3 is 7.48 Å². The average molecular weight is 95.9 g/mol. The van der Waals surface area contributed by atoms with Crippen LogP contribution in [0, 0.1) is 0 Å². The normalized spacial score (nSPS) is 8.71. The molecule has 0 aliphatic rings. The molecule has 1 heterocycles. The van der Waals surface area contributed by atoms with Crippen LogP contribution in [-0.2, 0) is 0 Å². The zero-order valence-electron chi connectivity index (χ0n) is 3.79. The molecule has 2 nitrogen and oxygen atoms in total. The SMILES string of the molecule is OBc1ccco1. The molecule has 0 spiro atoms. The second kappa shape index (κ2) is 1.84. The van der Waals surface area contributed by atoms with Gasteiger partial charge in [-0.3, -0.25) is 0 Å². The third kappa shape index (κ3) is 0.840. The van der Waals surface area contributed by atoms with Crippen molar-refractivity contribution >= 4 is 13.1 Å². The summed E-state index contributed by atoms with van der Waals surface area (Å²) in [6, 6.07) is 3.46. The zero-order chi connectivity index (χ0) is 5.11. The van der Waals surface area contributed by atoms with E-state index < -0.39 is 0 Å². The van der Waals surface area contributed by atoms with Gasteiger partial charge in [-0.25, -0.2) is 0 Å². The van der Waals surface area contributed by atoms with Crippen LogP contribution in [0.15, 0.2) is 22.8 Å². The Labute approximate surface area is 42.0 Å². The van der Waals surface area contributed by atoms with Crippen LogP contribution in [0.25, 0.3) is 0 Å². The fourth-order valence-corrected chi connectivity index (χ4v) is 0.403. The molecule has 7 heavy (non-hydrogen) atoms. The average Bonchev–Trinajstić information content (AvgIpc) is 2.14. The zero-order valence-corrected chi connectivity index (χ0v) is 3.79. The molecule has 1 N–H and O–H groups in total. The Morgan fingerprint density at radius 2 is 2.57 bits per heavy atom. The lowest BCUT2D eigenvalue weighted by molar-refractivity contribution is 0.563. The van der Waals surface area contributed by atoms with Crippen LogP contribution in [0.4, 0.5) is 0 Å². The van der Waals surface area contributed by atoms with Crippen LogP contribution in [-0.4, -0.2) is 12.5 Å². The Morgan fingerprint density at radius 3 is 2.86 bits per heavy atom. The van der Waals surface area contributed by atoms with Gasteiger partial charge in [0.05, 0.1) is 11.9 Å². The Kier molecular flexibility index (Phi) is 1.17. The highest BCUT2D eigenvalue weighted by atomic mass is 16.3. The Hall–Kier alpha value is -0.695. The van der Waals surface area contributed by atoms with Gasteiger partial charge in [-0.05, 0) is 12.1 Å². The Balaban J connectivity index is 2.76. The molecular formula is C4H5BO2. The number of hydrogen-bond donors (Lipinski definition) is 1. The van der Waals surface area contributed by atoms with Crippen molar-refractivity contribution in [1.29, 1.82) is 0 Å². The molecule has 0 atom stereocenters. The molecule has 1 aromatic rings. The first kappa shape index (κ1) is 4.46. The number of rotatable bonds is 1. The molecule has 3 heteroatoms. The molecule has 0 unspecified atom stereocenters. The molecule has 1 aromatic heterocycles. The smallest absolute Gasteiger partial charge is 0.347 e. The van der Waals surface area contributed by atoms with Crippen molar-refractivity contribution in [2.45, 2.75) is 0 Å². The van der Waals surface area contributed by atoms with Gasteiger partial charge in [-0.2, -0.15) is 0 Å². The van der Waals surface area contributed by atoms with E-state index in [4.69, 9.17) is 9.44 Å². The summed E-state index contributed by atoms with van der Waals surface area (Å²) in [5, 5.41) is 8.33. The van der Waals surface area contributed by atoms with Crippen LogP contribution in [0.3, 0.4) is 0 Å². The molecule has 0 radical (unpaired) electrons. The fraction of sp³-hybridized carbons (Fsp3) is 0. The first-order valence-corrected chi connectivity index (χ1v) is 2.06. The third-order valence-electron chi connectivity index (χ3n) is 0.736. The van der Waals surface area contributed by atoms with Crippen molar-refractivity contribution in [1.82, 2.24) is 0 Å². The summed E-state index contributed by atoms with van der Waals surface area (Å²) in [4.78, 5) is 0. The predicted octanol–water partition coefficient (Wildman–Crippen LogP) is -0.751. The van der Waals surface area contributed by atoms with E-state index in [2.05, 4.69) is 0 Å². The first-order valence-electron chi connectivity index (χ1n) is 2.06. The van der Waals surface area contributed by atoms with Gasteiger partial charge in [-0.15, -0.1) is 0 Å². The van der Waals surface area contributed by atoms with Gasteiger partial charge in [0, 0.05) is 0 Å². The van der Waals surface area contributed by atoms with Crippen molar-refractivity contribution in [3.8, 4) is 0 Å². The van der Waals surface area contributed by atoms with Gasteiger partial charge in [0.25, 0.3) is 0 Å². The molecule has 0 aliphatic heterocycles. The maximum absolute atomic E-state index is 8.33. The molecule has 0 fully saturated rings. The van der Waals surface area contributed by atoms with E-state index in [0.717, 1.165) is 0 Å². The van der Waals surface area contributed by atoms with Crippen molar-refractivity contribution in [3.63, 3.8) is 0 Å². The minimum atomic E-state index is -0.00694. The topological polar surface area (TPSA) is 33.4 Å². The van der Waals surface area contributed by atoms with E-state index in [9.17, 15) is 0 Å². The summed E-state index contributed by atoms with van der Waals surface area (Å²) in [6.07, 6.45) is 1.53. The van der Waals surface area contributed by atoms with E-state index in [0.29, 0.717) is 5.66 Å². The van der Waals surface area contributed by atoms with E-state index in [1.807, 2.05) is 0 Å². The summed E-state index contributed by atoms with van der Waals surface area (Å²) >= 11 is 0. The highest BCUT2D eigenvalue weighted by Gasteiger charge is 1.89. The van der Waals surface area contributed by atoms with E-state index in [1.54, 1.807) is 12.1 Å². The lowest BCUT2D eigenvalue weighted by Gasteiger charge is -1.76. The van der Waals surface area contributed by atoms with Crippen molar-refractivity contribution in [2.24, 2.45) is 0 Å². The number of hydrogen-bond acceptors (Lipinski definition) is 2. The van der Waals surface area contributed by atoms with E-state index in [1.165, 1.54) is 6.26 Å². The van der Waals surface area contributed by atoms with Crippen LogP contribution in [0.1, 0.15) is 0 Å². The quantitative estimate of drug-likeness (QED) is 0.466. The minimum Gasteiger partial charge on any atom is -0.477 e. The second-order valence-corrected chi connectivity index (χ2v) is 1.24. The van der Waals surface area contributed by atoms with Crippen LogP contribution < -0.4 is 5.66 Å². The Bertz CT molecular complexity index is 124. The molecule has 0 saturated carbocycles. The Morgan fingerprint density at radius 1 is 1.71 bits per heavy atom. The monoisotopic (exact) mass is 96.0 g/mol. The van der Waals surface area contributed by atoms with Crippen LogP contribution in [0.2, 0.25) is 0 Å². The third-order valence-corrected chi connectivity index (χ3v) is 0.736. The van der Waals surface area contributed by atoms with E-state index >= 15 is 0 Å². The summed E-state index contributed by atoms with van der Waals surface area (Å²) < 4.78 is 4.73. The second-order valence-electron chi connectivity index (χ2n) is 1.24. The highest BCUT2D eigenvalue weighted by molar-refractivity contribution is 6.43. The molecule has 36 valence electrons. The lowest BCUT2D eigenvalue weighted by Crippen LogP contribution is -2.08. The minimum absolute atomic E-state index is 0.00694. The fourth-order valence-electron chi connectivity index (χ4n) is 0.403. The summed E-state index contributed by atoms with van der Waals surface area (Å²) in [6.45, 7) is 0. The predicted molar refractivity (Wildman–Crippen MR) is 27.7 cm³/mol. The van der Waals surface area contributed by atoms with Gasteiger partial charge in [-0.1, -0.05) is 0 Å². The van der Waals surface area contributed by atoms with Crippen molar-refractivity contribution in [3.05, 3.63) is 18.4 Å². The van der Waals surface area contributed by atoms with Crippen LogP contribution in [0.5, 0.6) is 0 Å². The first-order chi connectivity index (χ1) is 3.43. The van der Waals surface area contributed by atoms with Crippen LogP contribution >= 0.6 is 0 Å². The summed E-state index contributed by atoms with van der Waals surface area (Å²) in [7, 11) is -0.00694. The lowest BCUT2D eigenvalue weighted by atomic mass is 9.99. The number of furan rings is 1. The maximum atomic E-state index is 8.33. The molecule has 0 bridgehead atoms. The van der Waals surface area contributed by atoms with Gasteiger partial charge in [0.2, 0.25) is 0 Å². The molecular weight excluding hydrogens is 90.9 g/mol. The summed E-state index contributed by atoms with van der Waals surface area (Å²) in [5.41, 5.74) is 0.611.